The number of rotatable bonds is 76. The quantitative estimate of drug-likeness (QED) is 0.0330. The molecule has 1 heterocycles. The van der Waals surface area contributed by atoms with Crippen LogP contribution in [0.1, 0.15) is 463 Å². The van der Waals surface area contributed by atoms with Gasteiger partial charge in [0.05, 0.1) is 25.4 Å². The van der Waals surface area contributed by atoms with Gasteiger partial charge in [-0.3, -0.25) is 4.79 Å². The van der Waals surface area contributed by atoms with Crippen LogP contribution in [-0.4, -0.2) is 87.5 Å². The van der Waals surface area contributed by atoms with Gasteiger partial charge in [0.1, 0.15) is 24.4 Å². The van der Waals surface area contributed by atoms with Crippen molar-refractivity contribution in [3.63, 3.8) is 0 Å². The number of aliphatic hydroxyl groups is 5. The lowest BCUT2D eigenvalue weighted by molar-refractivity contribution is -0.302. The number of ether oxygens (including phenoxy) is 2. The Bertz CT molecular complexity index is 1400. The predicted octanol–water partition coefficient (Wildman–Crippen LogP) is 24.0. The van der Waals surface area contributed by atoms with Crippen molar-refractivity contribution in [1.82, 2.24) is 5.32 Å². The lowest BCUT2D eigenvalue weighted by Crippen LogP contribution is -2.60. The Kier molecular flexibility index (Phi) is 69.7. The Morgan fingerprint density at radius 1 is 0.330 bits per heavy atom. The standard InChI is InChI=1S/C82H163NO8/c1-3-5-7-9-11-13-15-17-19-21-23-25-27-29-31-33-35-37-38-39-40-42-44-46-48-50-52-54-56-58-60-62-64-66-68-70-72-78(86)83-75(74-90-82-81(89)80(88)79(87)77(73-84)91-82)76(85)71-69-67-65-63-61-59-57-55-53-51-49-47-45-43-41-36-34-32-30-28-26-24-22-20-18-16-14-12-10-8-6-4-2/h75-77,79-82,84-85,87-89H,3-74H2,1-2H3,(H,83,86). The monoisotopic (exact) mass is 1290 g/mol. The fraction of sp³-hybridized carbons (Fsp3) is 0.988. The zero-order valence-corrected chi connectivity index (χ0v) is 61.4. The lowest BCUT2D eigenvalue weighted by atomic mass is 9.99. The highest BCUT2D eigenvalue weighted by atomic mass is 16.7. The number of unbranched alkanes of at least 4 members (excludes halogenated alkanes) is 66. The highest BCUT2D eigenvalue weighted by Gasteiger charge is 2.44. The Morgan fingerprint density at radius 3 is 0.780 bits per heavy atom. The third-order valence-electron chi connectivity index (χ3n) is 20.7. The molecular weight excluding hydrogens is 1130 g/mol. The summed E-state index contributed by atoms with van der Waals surface area (Å²) in [6.45, 7) is 3.93. The van der Waals surface area contributed by atoms with Crippen LogP contribution in [0.2, 0.25) is 0 Å². The molecule has 7 atom stereocenters. The molecule has 0 spiro atoms. The maximum atomic E-state index is 13.2. The molecule has 91 heavy (non-hydrogen) atoms. The number of hydrogen-bond acceptors (Lipinski definition) is 8. The van der Waals surface area contributed by atoms with Crippen LogP contribution in [0.5, 0.6) is 0 Å². The molecule has 1 saturated heterocycles. The van der Waals surface area contributed by atoms with E-state index >= 15 is 0 Å². The van der Waals surface area contributed by atoms with Gasteiger partial charge >= 0.3 is 0 Å². The third-order valence-corrected chi connectivity index (χ3v) is 20.7. The molecule has 7 unspecified atom stereocenters. The molecule has 0 aromatic carbocycles. The number of hydrogen-bond donors (Lipinski definition) is 6. The SMILES string of the molecule is CCCCCCCCCCCCCCCCCCCCCCCCCCCCCCCCCCCCCCC(=O)NC(COC1OC(CO)C(O)C(O)C1O)C(O)CCCCCCCCCCCCCCCCCCCCCCCCCCCCCCCCCC. The van der Waals surface area contributed by atoms with Crippen LogP contribution in [0.3, 0.4) is 0 Å². The summed E-state index contributed by atoms with van der Waals surface area (Å²) in [5.74, 6) is -0.131. The molecule has 0 aromatic heterocycles. The lowest BCUT2D eigenvalue weighted by Gasteiger charge is -2.40. The number of nitrogens with one attached hydrogen (secondary N) is 1. The summed E-state index contributed by atoms with van der Waals surface area (Å²) in [6, 6.07) is -0.716. The first-order valence-electron chi connectivity index (χ1n) is 41.7. The Hall–Kier alpha value is -0.810. The molecular formula is C82H163NO8. The van der Waals surface area contributed by atoms with Crippen LogP contribution < -0.4 is 5.32 Å². The molecule has 0 radical (unpaired) electrons. The first-order chi connectivity index (χ1) is 44.8. The summed E-state index contributed by atoms with van der Waals surface area (Å²) in [7, 11) is 0. The van der Waals surface area contributed by atoms with Gasteiger partial charge in [-0.05, 0) is 12.8 Å². The van der Waals surface area contributed by atoms with Gasteiger partial charge in [-0.15, -0.1) is 0 Å². The second-order valence-electron chi connectivity index (χ2n) is 29.6. The molecule has 1 amide bonds. The first-order valence-corrected chi connectivity index (χ1v) is 41.7. The topological polar surface area (TPSA) is 149 Å². The maximum Gasteiger partial charge on any atom is 0.220 e. The molecule has 0 saturated carbocycles. The fourth-order valence-electron chi connectivity index (χ4n) is 14.2. The number of carbonyl (C=O) groups is 1. The average molecular weight is 1290 g/mol. The molecule has 0 aliphatic carbocycles. The minimum absolute atomic E-state index is 0.130. The van der Waals surface area contributed by atoms with Crippen LogP contribution >= 0.6 is 0 Å². The first kappa shape index (κ1) is 88.2. The second-order valence-corrected chi connectivity index (χ2v) is 29.6. The summed E-state index contributed by atoms with van der Waals surface area (Å²) in [6.07, 6.45) is 86.7. The van der Waals surface area contributed by atoms with Crippen LogP contribution in [0.15, 0.2) is 0 Å². The summed E-state index contributed by atoms with van der Waals surface area (Å²) < 4.78 is 11.4. The third kappa shape index (κ3) is 60.1. The van der Waals surface area contributed by atoms with E-state index in [9.17, 15) is 30.3 Å². The Labute approximate surface area is 567 Å². The van der Waals surface area contributed by atoms with Gasteiger partial charge in [-0.1, -0.05) is 444 Å². The zero-order valence-electron chi connectivity index (χ0n) is 61.4. The summed E-state index contributed by atoms with van der Waals surface area (Å²) in [5, 5.41) is 55.1. The molecule has 1 fully saturated rings. The molecule has 9 nitrogen and oxygen atoms in total. The fourth-order valence-corrected chi connectivity index (χ4v) is 14.2. The van der Waals surface area contributed by atoms with Gasteiger partial charge < -0.3 is 40.3 Å². The van der Waals surface area contributed by atoms with E-state index in [1.165, 1.54) is 398 Å². The average Bonchev–Trinajstić information content (AvgIpc) is 1.59. The minimum Gasteiger partial charge on any atom is -0.394 e. The van der Waals surface area contributed by atoms with Gasteiger partial charge in [-0.2, -0.15) is 0 Å². The van der Waals surface area contributed by atoms with Gasteiger partial charge in [0.15, 0.2) is 6.29 Å². The summed E-state index contributed by atoms with van der Waals surface area (Å²) in [5.41, 5.74) is 0. The number of amides is 1. The zero-order chi connectivity index (χ0) is 65.7. The van der Waals surface area contributed by atoms with E-state index in [0.717, 1.165) is 38.5 Å². The van der Waals surface area contributed by atoms with Gasteiger partial charge in [-0.25, -0.2) is 0 Å². The van der Waals surface area contributed by atoms with Crippen molar-refractivity contribution >= 4 is 5.91 Å². The summed E-state index contributed by atoms with van der Waals surface area (Å²) >= 11 is 0. The molecule has 1 aliphatic heterocycles. The van der Waals surface area contributed by atoms with Crippen molar-refractivity contribution in [1.29, 1.82) is 0 Å². The number of carbonyl (C=O) groups excluding carboxylic acids is 1. The van der Waals surface area contributed by atoms with E-state index in [1.54, 1.807) is 0 Å². The van der Waals surface area contributed by atoms with Crippen LogP contribution in [0.4, 0.5) is 0 Å². The largest absolute Gasteiger partial charge is 0.394 e. The summed E-state index contributed by atoms with van der Waals surface area (Å²) in [4.78, 5) is 13.2. The van der Waals surface area contributed by atoms with Crippen molar-refractivity contribution in [2.75, 3.05) is 13.2 Å². The van der Waals surface area contributed by atoms with E-state index in [-0.39, 0.29) is 12.5 Å². The van der Waals surface area contributed by atoms with E-state index in [0.29, 0.717) is 12.8 Å². The van der Waals surface area contributed by atoms with Crippen molar-refractivity contribution < 1.29 is 39.8 Å². The molecule has 0 aromatic rings. The predicted molar refractivity (Wildman–Crippen MR) is 392 cm³/mol. The van der Waals surface area contributed by atoms with Crippen molar-refractivity contribution in [2.24, 2.45) is 0 Å². The molecule has 1 aliphatic rings. The molecule has 6 N–H and O–H groups in total. The molecule has 1 rings (SSSR count). The molecule has 544 valence electrons. The smallest absolute Gasteiger partial charge is 0.220 e. The van der Waals surface area contributed by atoms with E-state index in [2.05, 4.69) is 19.2 Å². The number of aliphatic hydroxyl groups excluding tert-OH is 5. The van der Waals surface area contributed by atoms with E-state index < -0.39 is 49.5 Å². The van der Waals surface area contributed by atoms with Gasteiger partial charge in [0.2, 0.25) is 5.91 Å². The van der Waals surface area contributed by atoms with Gasteiger partial charge in [0, 0.05) is 6.42 Å². The second kappa shape index (κ2) is 71.9. The Morgan fingerprint density at radius 2 is 0.549 bits per heavy atom. The van der Waals surface area contributed by atoms with E-state index in [4.69, 9.17) is 9.47 Å². The Balaban J connectivity index is 2.02. The normalized spacial score (nSPS) is 17.5. The highest BCUT2D eigenvalue weighted by molar-refractivity contribution is 5.76. The minimum atomic E-state index is -1.55. The van der Waals surface area contributed by atoms with Crippen LogP contribution in [-0.2, 0) is 14.3 Å². The van der Waals surface area contributed by atoms with Crippen molar-refractivity contribution in [3.8, 4) is 0 Å². The van der Waals surface area contributed by atoms with Crippen LogP contribution in [0.25, 0.3) is 0 Å². The van der Waals surface area contributed by atoms with Crippen molar-refractivity contribution in [3.05, 3.63) is 0 Å². The molecule has 9 heteroatoms. The van der Waals surface area contributed by atoms with Gasteiger partial charge in [0.25, 0.3) is 0 Å². The molecule has 0 bridgehead atoms. The van der Waals surface area contributed by atoms with E-state index in [1.807, 2.05) is 0 Å². The maximum absolute atomic E-state index is 13.2. The van der Waals surface area contributed by atoms with Crippen molar-refractivity contribution in [2.45, 2.75) is 506 Å². The highest BCUT2D eigenvalue weighted by Crippen LogP contribution is 2.25. The van der Waals surface area contributed by atoms with Crippen LogP contribution in [0, 0.1) is 0 Å².